The molecule has 3 rings (SSSR count). The normalized spacial score (nSPS) is 16.1. The topological polar surface area (TPSA) is 41.9 Å². The Morgan fingerprint density at radius 2 is 1.96 bits per heavy atom. The summed E-state index contributed by atoms with van der Waals surface area (Å²) in [4.78, 5) is 19.7. The van der Waals surface area contributed by atoms with Gasteiger partial charge in [0.1, 0.15) is 5.82 Å². The molecule has 2 aromatic carbocycles. The molecule has 136 valence electrons. The summed E-state index contributed by atoms with van der Waals surface area (Å²) in [6.45, 7) is 4.78. The van der Waals surface area contributed by atoms with E-state index in [1.807, 2.05) is 38.1 Å². The van der Waals surface area contributed by atoms with Gasteiger partial charge in [-0.05, 0) is 30.2 Å². The van der Waals surface area contributed by atoms with Crippen molar-refractivity contribution < 1.29 is 14.0 Å². The number of amides is 1. The third kappa shape index (κ3) is 4.28. The summed E-state index contributed by atoms with van der Waals surface area (Å²) in [7, 11) is 0. The summed E-state index contributed by atoms with van der Waals surface area (Å²) in [6, 6.07) is 14.3. The van der Waals surface area contributed by atoms with Crippen LogP contribution in [0, 0.1) is 12.7 Å². The van der Waals surface area contributed by atoms with Crippen molar-refractivity contribution in [3.05, 3.63) is 71.0 Å². The van der Waals surface area contributed by atoms with Crippen LogP contribution in [0.25, 0.3) is 0 Å². The maximum Gasteiger partial charge on any atom is 0.222 e. The number of oxime groups is 1. The molecule has 0 N–H and O–H groups in total. The third-order valence-corrected chi connectivity index (χ3v) is 4.55. The number of rotatable bonds is 6. The molecule has 0 fully saturated rings. The highest BCUT2D eigenvalue weighted by Crippen LogP contribution is 2.21. The molecule has 2 aromatic rings. The first-order valence-electron chi connectivity index (χ1n) is 8.87. The zero-order valence-corrected chi connectivity index (χ0v) is 15.1. The zero-order chi connectivity index (χ0) is 18.5. The monoisotopic (exact) mass is 354 g/mol. The molecule has 1 atom stereocenters. The lowest BCUT2D eigenvalue weighted by Crippen LogP contribution is -2.36. The Kier molecular flexibility index (Phi) is 5.66. The van der Waals surface area contributed by atoms with E-state index in [1.165, 1.54) is 12.1 Å². The Bertz CT molecular complexity index is 802. The molecule has 0 spiro atoms. The summed E-state index contributed by atoms with van der Waals surface area (Å²) in [5.41, 5.74) is 4.05. The highest BCUT2D eigenvalue weighted by Gasteiger charge is 2.26. The number of carbonyl (C=O) groups is 1. The quantitative estimate of drug-likeness (QED) is 0.785. The molecule has 1 heterocycles. The van der Waals surface area contributed by atoms with E-state index in [0.717, 1.165) is 22.4 Å². The molecule has 0 unspecified atom stereocenters. The molecule has 5 heteroatoms. The van der Waals surface area contributed by atoms with Gasteiger partial charge in [-0.3, -0.25) is 4.79 Å². The molecule has 0 bridgehead atoms. The van der Waals surface area contributed by atoms with E-state index in [9.17, 15) is 9.18 Å². The number of hydrogen-bond donors (Lipinski definition) is 0. The van der Waals surface area contributed by atoms with Crippen molar-refractivity contribution in [2.45, 2.75) is 39.3 Å². The van der Waals surface area contributed by atoms with Crippen LogP contribution in [0.4, 0.5) is 4.39 Å². The number of halogens is 1. The smallest absolute Gasteiger partial charge is 0.222 e. The largest absolute Gasteiger partial charge is 0.390 e. The van der Waals surface area contributed by atoms with Gasteiger partial charge in [0.05, 0.1) is 12.3 Å². The lowest BCUT2D eigenvalue weighted by molar-refractivity contribution is -0.133. The van der Waals surface area contributed by atoms with Crippen LogP contribution in [-0.4, -0.2) is 29.2 Å². The predicted octanol–water partition coefficient (Wildman–Crippen LogP) is 4.07. The van der Waals surface area contributed by atoms with Gasteiger partial charge in [-0.25, -0.2) is 4.39 Å². The van der Waals surface area contributed by atoms with Crippen molar-refractivity contribution in [2.75, 3.05) is 6.54 Å². The molecule has 0 radical (unpaired) electrons. The summed E-state index contributed by atoms with van der Waals surface area (Å²) in [5.74, 6) is -0.236. The number of nitrogens with zero attached hydrogens (tertiary/aromatic N) is 2. The Hall–Kier alpha value is -2.69. The lowest BCUT2D eigenvalue weighted by atomic mass is 10.00. The van der Waals surface area contributed by atoms with Gasteiger partial charge in [-0.1, -0.05) is 48.5 Å². The van der Waals surface area contributed by atoms with E-state index in [-0.39, 0.29) is 17.8 Å². The van der Waals surface area contributed by atoms with E-state index in [1.54, 1.807) is 17.0 Å². The Morgan fingerprint density at radius 3 is 2.65 bits per heavy atom. The summed E-state index contributed by atoms with van der Waals surface area (Å²) >= 11 is 0. The third-order valence-electron chi connectivity index (χ3n) is 4.55. The average Bonchev–Trinajstić information content (AvgIpc) is 3.11. The van der Waals surface area contributed by atoms with Gasteiger partial charge in [0.15, 0.2) is 6.10 Å². The van der Waals surface area contributed by atoms with Gasteiger partial charge >= 0.3 is 0 Å². The fourth-order valence-corrected chi connectivity index (χ4v) is 3.12. The van der Waals surface area contributed by atoms with E-state index >= 15 is 0 Å². The minimum absolute atomic E-state index is 0.0438. The van der Waals surface area contributed by atoms with Crippen LogP contribution in [0.5, 0.6) is 0 Å². The lowest BCUT2D eigenvalue weighted by Gasteiger charge is -2.24. The second-order valence-electron chi connectivity index (χ2n) is 6.54. The molecule has 1 amide bonds. The molecule has 26 heavy (non-hydrogen) atoms. The van der Waals surface area contributed by atoms with Crippen molar-refractivity contribution in [3.8, 4) is 0 Å². The maximum atomic E-state index is 13.1. The standard InChI is InChI=1S/C21H23FN2O2/c1-3-21(25)24(13-16-8-10-17(22)11-9-16)14-18-12-20(23-26-18)19-7-5-4-6-15(19)2/h4-11,18H,3,12-14H2,1-2H3/t18-/m0/s1. The first-order chi connectivity index (χ1) is 12.6. The maximum absolute atomic E-state index is 13.1. The van der Waals surface area contributed by atoms with Gasteiger partial charge in [-0.2, -0.15) is 0 Å². The van der Waals surface area contributed by atoms with Crippen LogP contribution in [0.3, 0.4) is 0 Å². The van der Waals surface area contributed by atoms with E-state index in [0.29, 0.717) is 25.9 Å². The molecule has 4 nitrogen and oxygen atoms in total. The first kappa shape index (κ1) is 18.1. The van der Waals surface area contributed by atoms with E-state index in [4.69, 9.17) is 4.84 Å². The van der Waals surface area contributed by atoms with Crippen LogP contribution in [-0.2, 0) is 16.2 Å². The Morgan fingerprint density at radius 1 is 1.23 bits per heavy atom. The van der Waals surface area contributed by atoms with Crippen LogP contribution in [0.1, 0.15) is 36.5 Å². The molecule has 0 aliphatic carbocycles. The van der Waals surface area contributed by atoms with Crippen LogP contribution in [0.15, 0.2) is 53.7 Å². The van der Waals surface area contributed by atoms with Crippen molar-refractivity contribution >= 4 is 11.6 Å². The first-order valence-corrected chi connectivity index (χ1v) is 8.87. The zero-order valence-electron chi connectivity index (χ0n) is 15.1. The number of carbonyl (C=O) groups excluding carboxylic acids is 1. The minimum Gasteiger partial charge on any atom is -0.390 e. The predicted molar refractivity (Wildman–Crippen MR) is 99.3 cm³/mol. The van der Waals surface area contributed by atoms with E-state index in [2.05, 4.69) is 5.16 Å². The molecule has 1 aliphatic rings. The van der Waals surface area contributed by atoms with E-state index < -0.39 is 0 Å². The molecule has 0 saturated carbocycles. The highest BCUT2D eigenvalue weighted by molar-refractivity contribution is 6.02. The second kappa shape index (κ2) is 8.13. The summed E-state index contributed by atoms with van der Waals surface area (Å²) < 4.78 is 13.1. The van der Waals surface area contributed by atoms with Gasteiger partial charge in [0.2, 0.25) is 5.91 Å². The number of benzene rings is 2. The second-order valence-corrected chi connectivity index (χ2v) is 6.54. The van der Waals surface area contributed by atoms with Gasteiger partial charge in [0, 0.05) is 24.9 Å². The fraction of sp³-hybridized carbons (Fsp3) is 0.333. The molecular formula is C21H23FN2O2. The number of hydrogen-bond acceptors (Lipinski definition) is 3. The van der Waals surface area contributed by atoms with Gasteiger partial charge in [-0.15, -0.1) is 0 Å². The average molecular weight is 354 g/mol. The van der Waals surface area contributed by atoms with Crippen molar-refractivity contribution in [2.24, 2.45) is 5.16 Å². The van der Waals surface area contributed by atoms with Crippen LogP contribution < -0.4 is 0 Å². The molecular weight excluding hydrogens is 331 g/mol. The molecule has 1 aliphatic heterocycles. The van der Waals surface area contributed by atoms with Crippen molar-refractivity contribution in [1.29, 1.82) is 0 Å². The van der Waals surface area contributed by atoms with Crippen LogP contribution >= 0.6 is 0 Å². The molecule has 0 aromatic heterocycles. The number of aryl methyl sites for hydroxylation is 1. The fourth-order valence-electron chi connectivity index (χ4n) is 3.12. The SMILES string of the molecule is CCC(=O)N(Cc1ccc(F)cc1)C[C@@H]1CC(c2ccccc2C)=NO1. The van der Waals surface area contributed by atoms with Crippen LogP contribution in [0.2, 0.25) is 0 Å². The minimum atomic E-state index is -0.280. The van der Waals surface area contributed by atoms with Gasteiger partial charge in [0.25, 0.3) is 0 Å². The Balaban J connectivity index is 1.66. The van der Waals surface area contributed by atoms with Crippen molar-refractivity contribution in [1.82, 2.24) is 4.90 Å². The summed E-state index contributed by atoms with van der Waals surface area (Å²) in [5, 5.41) is 4.23. The van der Waals surface area contributed by atoms with Crippen molar-refractivity contribution in [3.63, 3.8) is 0 Å². The molecule has 0 saturated heterocycles. The highest BCUT2D eigenvalue weighted by atomic mass is 19.1. The Labute approximate surface area is 153 Å². The summed E-state index contributed by atoms with van der Waals surface area (Å²) in [6.07, 6.45) is 0.918. The van der Waals surface area contributed by atoms with Gasteiger partial charge < -0.3 is 9.74 Å².